The third-order valence-corrected chi connectivity index (χ3v) is 4.62. The summed E-state index contributed by atoms with van der Waals surface area (Å²) in [5.74, 6) is -0.762. The first-order valence-electron chi connectivity index (χ1n) is 8.74. The third-order valence-electron chi connectivity index (χ3n) is 4.62. The number of benzene rings is 1. The van der Waals surface area contributed by atoms with E-state index in [1.165, 1.54) is 4.90 Å². The second-order valence-corrected chi connectivity index (χ2v) is 6.68. The molecule has 1 amide bonds. The molecule has 0 bridgehead atoms. The molecule has 134 valence electrons. The summed E-state index contributed by atoms with van der Waals surface area (Å²) < 4.78 is 6.72. The van der Waals surface area contributed by atoms with Crippen molar-refractivity contribution in [3.05, 3.63) is 51.4 Å². The SMILES string of the molecule is CC(C)N(C(=O)n1oc(=O)n(C2CCCCC2)c1=O)c1ccccc1. The highest BCUT2D eigenvalue weighted by molar-refractivity contribution is 5.93. The summed E-state index contributed by atoms with van der Waals surface area (Å²) in [4.78, 5) is 39.2. The molecular formula is C18H23N3O4. The Balaban J connectivity index is 1.99. The first-order valence-corrected chi connectivity index (χ1v) is 8.74. The number of amides is 1. The van der Waals surface area contributed by atoms with E-state index in [9.17, 15) is 14.4 Å². The minimum absolute atomic E-state index is 0.184. The molecule has 1 saturated carbocycles. The van der Waals surface area contributed by atoms with Crippen LogP contribution in [0.4, 0.5) is 10.5 Å². The zero-order valence-electron chi connectivity index (χ0n) is 14.6. The quantitative estimate of drug-likeness (QED) is 0.857. The molecule has 7 nitrogen and oxygen atoms in total. The average molecular weight is 345 g/mol. The van der Waals surface area contributed by atoms with Gasteiger partial charge in [-0.1, -0.05) is 42.2 Å². The molecule has 1 aliphatic carbocycles. The Kier molecular flexibility index (Phi) is 4.92. The molecule has 1 aromatic carbocycles. The number of carbonyl (C=O) groups is 1. The Bertz CT molecular complexity index is 841. The molecule has 0 radical (unpaired) electrons. The molecule has 0 spiro atoms. The maximum Gasteiger partial charge on any atom is 0.443 e. The lowest BCUT2D eigenvalue weighted by Gasteiger charge is -2.25. The lowest BCUT2D eigenvalue weighted by Crippen LogP contribution is -2.44. The Hall–Kier alpha value is -2.57. The average Bonchev–Trinajstić information content (AvgIpc) is 2.91. The second kappa shape index (κ2) is 7.13. The number of nitrogens with zero attached hydrogens (tertiary/aromatic N) is 3. The molecule has 0 aliphatic heterocycles. The molecule has 0 atom stereocenters. The van der Waals surface area contributed by atoms with Crippen LogP contribution >= 0.6 is 0 Å². The van der Waals surface area contributed by atoms with Crippen molar-refractivity contribution in [1.29, 1.82) is 0 Å². The van der Waals surface area contributed by atoms with E-state index in [0.29, 0.717) is 10.4 Å². The smallest absolute Gasteiger partial charge is 0.307 e. The van der Waals surface area contributed by atoms with Gasteiger partial charge in [-0.25, -0.2) is 19.0 Å². The lowest BCUT2D eigenvalue weighted by atomic mass is 9.95. The molecule has 0 N–H and O–H groups in total. The molecule has 3 rings (SSSR count). The van der Waals surface area contributed by atoms with Crippen LogP contribution in [0.1, 0.15) is 52.0 Å². The maximum atomic E-state index is 12.9. The topological polar surface area (TPSA) is 77.5 Å². The normalized spacial score (nSPS) is 15.5. The summed E-state index contributed by atoms with van der Waals surface area (Å²) in [7, 11) is 0. The molecular weight excluding hydrogens is 322 g/mol. The van der Waals surface area contributed by atoms with E-state index in [0.717, 1.165) is 36.7 Å². The van der Waals surface area contributed by atoms with E-state index in [1.54, 1.807) is 12.1 Å². The molecule has 25 heavy (non-hydrogen) atoms. The van der Waals surface area contributed by atoms with Gasteiger partial charge in [-0.3, -0.25) is 4.90 Å². The minimum atomic E-state index is -0.762. The summed E-state index contributed by atoms with van der Waals surface area (Å²) >= 11 is 0. The van der Waals surface area contributed by atoms with Gasteiger partial charge in [0, 0.05) is 17.8 Å². The van der Waals surface area contributed by atoms with E-state index in [2.05, 4.69) is 0 Å². The van der Waals surface area contributed by atoms with Crippen LogP contribution in [0.15, 0.2) is 44.4 Å². The van der Waals surface area contributed by atoms with Crippen LogP contribution < -0.4 is 16.3 Å². The van der Waals surface area contributed by atoms with Gasteiger partial charge in [0.1, 0.15) is 0 Å². The zero-order chi connectivity index (χ0) is 18.0. The predicted molar refractivity (Wildman–Crippen MR) is 94.2 cm³/mol. The Morgan fingerprint density at radius 3 is 2.36 bits per heavy atom. The first-order chi connectivity index (χ1) is 12.0. The minimum Gasteiger partial charge on any atom is -0.307 e. The molecule has 1 aromatic heterocycles. The predicted octanol–water partition coefficient (Wildman–Crippen LogP) is 2.99. The number of anilines is 1. The van der Waals surface area contributed by atoms with E-state index >= 15 is 0 Å². The van der Waals surface area contributed by atoms with Gasteiger partial charge in [0.15, 0.2) is 0 Å². The van der Waals surface area contributed by atoms with Gasteiger partial charge in [-0.2, -0.15) is 0 Å². The van der Waals surface area contributed by atoms with E-state index in [-0.39, 0.29) is 12.1 Å². The van der Waals surface area contributed by atoms with Crippen molar-refractivity contribution in [3.63, 3.8) is 0 Å². The summed E-state index contributed by atoms with van der Waals surface area (Å²) in [5.41, 5.74) is -0.0500. The maximum absolute atomic E-state index is 12.9. The monoisotopic (exact) mass is 345 g/mol. The van der Waals surface area contributed by atoms with Crippen LogP contribution in [-0.2, 0) is 0 Å². The fourth-order valence-electron chi connectivity index (χ4n) is 3.42. The number of carbonyl (C=O) groups excluding carboxylic acids is 1. The Morgan fingerprint density at radius 2 is 1.76 bits per heavy atom. The Morgan fingerprint density at radius 1 is 1.12 bits per heavy atom. The molecule has 1 aliphatic rings. The first kappa shape index (κ1) is 17.3. The fourth-order valence-corrected chi connectivity index (χ4v) is 3.42. The number of rotatable bonds is 3. The van der Waals surface area contributed by atoms with Gasteiger partial charge in [-0.15, -0.1) is 0 Å². The van der Waals surface area contributed by atoms with Gasteiger partial charge < -0.3 is 4.52 Å². The third kappa shape index (κ3) is 3.31. The highest BCUT2D eigenvalue weighted by atomic mass is 16.5. The standard InChI is InChI=1S/C18H23N3O4/c1-13(2)19(14-9-5-3-6-10-14)16(22)21-17(23)20(18(24)25-21)15-11-7-4-8-12-15/h3,5-6,9-10,13,15H,4,7-8,11-12H2,1-2H3. The van der Waals surface area contributed by atoms with Crippen LogP contribution in [0.25, 0.3) is 0 Å². The van der Waals surface area contributed by atoms with Crippen LogP contribution in [0, 0.1) is 0 Å². The van der Waals surface area contributed by atoms with Gasteiger partial charge in [0.05, 0.1) is 0 Å². The molecule has 0 unspecified atom stereocenters. The van der Waals surface area contributed by atoms with Gasteiger partial charge in [0.2, 0.25) is 0 Å². The highest BCUT2D eigenvalue weighted by Gasteiger charge is 2.29. The lowest BCUT2D eigenvalue weighted by molar-refractivity contribution is 0.208. The molecule has 7 heteroatoms. The fraction of sp³-hybridized carbons (Fsp3) is 0.500. The van der Waals surface area contributed by atoms with Gasteiger partial charge in [0.25, 0.3) is 0 Å². The summed E-state index contributed by atoms with van der Waals surface area (Å²) in [6.07, 6.45) is 4.56. The van der Waals surface area contributed by atoms with Gasteiger partial charge >= 0.3 is 17.5 Å². The van der Waals surface area contributed by atoms with Crippen LogP contribution in [0.3, 0.4) is 0 Å². The van der Waals surface area contributed by atoms with E-state index in [1.807, 2.05) is 32.0 Å². The summed E-state index contributed by atoms with van der Waals surface area (Å²) in [6, 6.07) is 7.98. The largest absolute Gasteiger partial charge is 0.443 e. The molecule has 1 fully saturated rings. The summed E-state index contributed by atoms with van der Waals surface area (Å²) in [6.45, 7) is 3.68. The molecule has 2 aromatic rings. The molecule has 0 saturated heterocycles. The van der Waals surface area contributed by atoms with Crippen molar-refractivity contribution in [1.82, 2.24) is 9.31 Å². The van der Waals surface area contributed by atoms with Gasteiger partial charge in [-0.05, 0) is 38.8 Å². The van der Waals surface area contributed by atoms with Crippen molar-refractivity contribution < 1.29 is 9.32 Å². The second-order valence-electron chi connectivity index (χ2n) is 6.68. The van der Waals surface area contributed by atoms with Crippen LogP contribution in [-0.4, -0.2) is 21.4 Å². The van der Waals surface area contributed by atoms with Crippen molar-refractivity contribution >= 4 is 11.7 Å². The number of hydrogen-bond acceptors (Lipinski definition) is 4. The number of aromatic nitrogens is 2. The number of hydrogen-bond donors (Lipinski definition) is 0. The summed E-state index contributed by atoms with van der Waals surface area (Å²) in [5, 5.41) is 0. The van der Waals surface area contributed by atoms with Crippen molar-refractivity contribution in [2.24, 2.45) is 0 Å². The Labute approximate surface area is 145 Å². The van der Waals surface area contributed by atoms with Crippen molar-refractivity contribution in [2.45, 2.75) is 58.0 Å². The number of para-hydroxylation sites is 1. The van der Waals surface area contributed by atoms with E-state index in [4.69, 9.17) is 4.52 Å². The highest BCUT2D eigenvalue weighted by Crippen LogP contribution is 2.26. The van der Waals surface area contributed by atoms with E-state index < -0.39 is 17.5 Å². The van der Waals surface area contributed by atoms with Crippen molar-refractivity contribution in [3.8, 4) is 0 Å². The van der Waals surface area contributed by atoms with Crippen LogP contribution in [0.2, 0.25) is 0 Å². The van der Waals surface area contributed by atoms with Crippen LogP contribution in [0.5, 0.6) is 0 Å². The molecule has 1 heterocycles. The zero-order valence-corrected chi connectivity index (χ0v) is 14.6. The van der Waals surface area contributed by atoms with Crippen molar-refractivity contribution in [2.75, 3.05) is 4.90 Å².